The van der Waals surface area contributed by atoms with Crippen LogP contribution in [0.4, 0.5) is 17.1 Å². The van der Waals surface area contributed by atoms with E-state index in [9.17, 15) is 0 Å². The molecule has 6 aromatic rings. The van der Waals surface area contributed by atoms with Crippen molar-refractivity contribution in [1.29, 1.82) is 0 Å². The van der Waals surface area contributed by atoms with E-state index in [1.54, 1.807) is 0 Å². The molecule has 52 heavy (non-hydrogen) atoms. The van der Waals surface area contributed by atoms with E-state index >= 15 is 0 Å². The van der Waals surface area contributed by atoms with Crippen molar-refractivity contribution in [3.8, 4) is 33.4 Å². The van der Waals surface area contributed by atoms with Crippen molar-refractivity contribution < 1.29 is 0 Å². The molecule has 0 saturated carbocycles. The summed E-state index contributed by atoms with van der Waals surface area (Å²) in [6.45, 7) is 23.5. The highest BCUT2D eigenvalue weighted by molar-refractivity contribution is 5.96. The molecular weight excluding hydrogens is 627 g/mol. The third-order valence-corrected chi connectivity index (χ3v) is 12.2. The summed E-state index contributed by atoms with van der Waals surface area (Å²) < 4.78 is 0. The Morgan fingerprint density at radius 1 is 0.423 bits per heavy atom. The van der Waals surface area contributed by atoms with Crippen LogP contribution in [0.2, 0.25) is 0 Å². The average molecular weight is 680 g/mol. The molecule has 8 rings (SSSR count). The molecule has 1 nitrogen and oxygen atoms in total. The Bertz CT molecular complexity index is 2300. The SMILES string of the molecule is CC(C)c1cc(C(C)C)c(-c2ccc(N(c3ccc4c(c3)C(C)(C)c3ccccc3-4)c3cccc4c3-c3ccccc3C4(C)C)cc2)c(C(C)C)c1. The van der Waals surface area contributed by atoms with Crippen LogP contribution in [0.1, 0.15) is 126 Å². The molecule has 0 N–H and O–H groups in total. The molecule has 0 amide bonds. The van der Waals surface area contributed by atoms with Gasteiger partial charge in [-0.2, -0.15) is 0 Å². The van der Waals surface area contributed by atoms with Gasteiger partial charge in [-0.15, -0.1) is 0 Å². The molecule has 262 valence electrons. The van der Waals surface area contributed by atoms with Gasteiger partial charge in [0.2, 0.25) is 0 Å². The van der Waals surface area contributed by atoms with Crippen LogP contribution in [0.15, 0.2) is 121 Å². The lowest BCUT2D eigenvalue weighted by Gasteiger charge is -2.30. The van der Waals surface area contributed by atoms with Gasteiger partial charge in [-0.25, -0.2) is 0 Å². The van der Waals surface area contributed by atoms with Crippen molar-refractivity contribution in [1.82, 2.24) is 0 Å². The Labute approximate surface area is 312 Å². The van der Waals surface area contributed by atoms with Gasteiger partial charge < -0.3 is 4.90 Å². The van der Waals surface area contributed by atoms with Crippen LogP contribution in [-0.4, -0.2) is 0 Å². The summed E-state index contributed by atoms with van der Waals surface area (Å²) in [5.74, 6) is 1.35. The van der Waals surface area contributed by atoms with Crippen molar-refractivity contribution in [2.75, 3.05) is 4.90 Å². The summed E-state index contributed by atoms with van der Waals surface area (Å²) in [5.41, 5.74) is 21.4. The van der Waals surface area contributed by atoms with E-state index in [0.717, 1.165) is 0 Å². The molecule has 0 fully saturated rings. The van der Waals surface area contributed by atoms with Gasteiger partial charge in [0.25, 0.3) is 0 Å². The molecule has 0 unspecified atom stereocenters. The summed E-state index contributed by atoms with van der Waals surface area (Å²) in [5, 5.41) is 0. The molecule has 1 heteroatoms. The molecule has 0 spiro atoms. The minimum Gasteiger partial charge on any atom is -0.310 e. The van der Waals surface area contributed by atoms with Crippen LogP contribution < -0.4 is 4.90 Å². The molecule has 2 aliphatic rings. The number of fused-ring (bicyclic) bond motifs is 6. The van der Waals surface area contributed by atoms with E-state index in [4.69, 9.17) is 0 Å². The fourth-order valence-electron chi connectivity index (χ4n) is 9.25. The predicted octanol–water partition coefficient (Wildman–Crippen LogP) is 14.8. The van der Waals surface area contributed by atoms with Gasteiger partial charge in [-0.1, -0.05) is 160 Å². The van der Waals surface area contributed by atoms with Crippen LogP contribution >= 0.6 is 0 Å². The molecule has 0 atom stereocenters. The molecule has 2 aliphatic carbocycles. The third kappa shape index (κ3) is 5.19. The lowest BCUT2D eigenvalue weighted by atomic mass is 9.81. The van der Waals surface area contributed by atoms with Crippen molar-refractivity contribution in [3.63, 3.8) is 0 Å². The normalized spacial score (nSPS) is 14.8. The van der Waals surface area contributed by atoms with Crippen LogP contribution in [0.3, 0.4) is 0 Å². The highest BCUT2D eigenvalue weighted by Crippen LogP contribution is 2.56. The number of rotatable bonds is 7. The lowest BCUT2D eigenvalue weighted by molar-refractivity contribution is 0.660. The second kappa shape index (κ2) is 12.4. The van der Waals surface area contributed by atoms with Crippen molar-refractivity contribution in [2.24, 2.45) is 0 Å². The largest absolute Gasteiger partial charge is 0.310 e. The molecule has 0 radical (unpaired) electrons. The maximum absolute atomic E-state index is 2.52. The van der Waals surface area contributed by atoms with E-state index < -0.39 is 0 Å². The molecule has 0 heterocycles. The van der Waals surface area contributed by atoms with E-state index in [2.05, 4.69) is 195 Å². The van der Waals surface area contributed by atoms with E-state index in [-0.39, 0.29) is 10.8 Å². The maximum atomic E-state index is 2.52. The molecular formula is C51H53N. The van der Waals surface area contributed by atoms with Gasteiger partial charge in [0.05, 0.1) is 5.69 Å². The highest BCUT2D eigenvalue weighted by Gasteiger charge is 2.39. The van der Waals surface area contributed by atoms with Gasteiger partial charge in [-0.05, 0) is 115 Å². The van der Waals surface area contributed by atoms with E-state index in [0.29, 0.717) is 17.8 Å². The first-order chi connectivity index (χ1) is 24.8. The van der Waals surface area contributed by atoms with Gasteiger partial charge in [0.15, 0.2) is 0 Å². The molecule has 0 aromatic heterocycles. The van der Waals surface area contributed by atoms with Crippen LogP contribution in [0, 0.1) is 0 Å². The average Bonchev–Trinajstić information content (AvgIpc) is 3.51. The first-order valence-electron chi connectivity index (χ1n) is 19.4. The predicted molar refractivity (Wildman–Crippen MR) is 224 cm³/mol. The Morgan fingerprint density at radius 3 is 1.56 bits per heavy atom. The van der Waals surface area contributed by atoms with Crippen LogP contribution in [-0.2, 0) is 10.8 Å². The topological polar surface area (TPSA) is 3.24 Å². The Hall–Kier alpha value is -4.88. The maximum Gasteiger partial charge on any atom is 0.0543 e. The summed E-state index contributed by atoms with van der Waals surface area (Å²) in [6, 6.07) is 46.4. The number of hydrogen-bond acceptors (Lipinski definition) is 1. The summed E-state index contributed by atoms with van der Waals surface area (Å²) in [6.07, 6.45) is 0. The third-order valence-electron chi connectivity index (χ3n) is 12.2. The second-order valence-corrected chi connectivity index (χ2v) is 17.2. The number of benzene rings is 6. The van der Waals surface area contributed by atoms with Gasteiger partial charge >= 0.3 is 0 Å². The monoisotopic (exact) mass is 679 g/mol. The first-order valence-corrected chi connectivity index (χ1v) is 19.4. The first kappa shape index (κ1) is 34.2. The Balaban J connectivity index is 1.34. The minimum absolute atomic E-state index is 0.0817. The van der Waals surface area contributed by atoms with Gasteiger partial charge in [-0.3, -0.25) is 0 Å². The zero-order valence-corrected chi connectivity index (χ0v) is 32.7. The number of anilines is 3. The minimum atomic E-state index is -0.0899. The zero-order valence-electron chi connectivity index (χ0n) is 32.7. The van der Waals surface area contributed by atoms with Crippen LogP contribution in [0.25, 0.3) is 33.4 Å². The molecule has 0 aliphatic heterocycles. The fraction of sp³-hybridized carbons (Fsp3) is 0.294. The van der Waals surface area contributed by atoms with E-state index in [1.807, 2.05) is 0 Å². The van der Waals surface area contributed by atoms with Crippen LogP contribution in [0.5, 0.6) is 0 Å². The molecule has 6 aromatic carbocycles. The lowest BCUT2D eigenvalue weighted by Crippen LogP contribution is -2.17. The van der Waals surface area contributed by atoms with Gasteiger partial charge in [0, 0.05) is 27.8 Å². The van der Waals surface area contributed by atoms with Crippen molar-refractivity contribution in [3.05, 3.63) is 160 Å². The zero-order chi connectivity index (χ0) is 36.7. The summed E-state index contributed by atoms with van der Waals surface area (Å²) in [4.78, 5) is 2.52. The number of nitrogens with zero attached hydrogens (tertiary/aromatic N) is 1. The fourth-order valence-corrected chi connectivity index (χ4v) is 9.25. The highest BCUT2D eigenvalue weighted by atomic mass is 15.1. The second-order valence-electron chi connectivity index (χ2n) is 17.2. The van der Waals surface area contributed by atoms with Gasteiger partial charge in [0.1, 0.15) is 0 Å². The Kier molecular flexibility index (Phi) is 8.14. The quantitative estimate of drug-likeness (QED) is 0.162. The van der Waals surface area contributed by atoms with Crippen molar-refractivity contribution in [2.45, 2.75) is 97.8 Å². The summed E-state index contributed by atoms with van der Waals surface area (Å²) >= 11 is 0. The Morgan fingerprint density at radius 2 is 0.942 bits per heavy atom. The molecule has 0 bridgehead atoms. The number of hydrogen-bond donors (Lipinski definition) is 0. The van der Waals surface area contributed by atoms with E-state index in [1.165, 1.54) is 89.4 Å². The molecule has 0 saturated heterocycles. The summed E-state index contributed by atoms with van der Waals surface area (Å²) in [7, 11) is 0. The smallest absolute Gasteiger partial charge is 0.0543 e. The standard InChI is InChI=1S/C51H53N/c1-31(2)35-28-41(32(3)4)48(42(29-35)33(5)6)34-22-24-36(25-23-34)52(37-26-27-39-38-16-11-13-18-43(38)51(9,10)46(39)30-37)47-21-15-20-45-49(47)40-17-12-14-19-44(40)50(45,7)8/h11-33H,1-10H3. The van der Waals surface area contributed by atoms with Crippen molar-refractivity contribution >= 4 is 17.1 Å².